The van der Waals surface area contributed by atoms with Crippen molar-refractivity contribution in [2.24, 2.45) is 0 Å². The van der Waals surface area contributed by atoms with Gasteiger partial charge in [0.2, 0.25) is 0 Å². The minimum atomic E-state index is -0.276. The second-order valence-electron chi connectivity index (χ2n) is 5.16. The molecule has 26 heavy (non-hydrogen) atoms. The molecule has 0 radical (unpaired) electrons. The topological polar surface area (TPSA) is 71.6 Å². The number of carbonyl (C=O) groups is 1. The summed E-state index contributed by atoms with van der Waals surface area (Å²) in [6.45, 7) is 0.613. The quantitative estimate of drug-likeness (QED) is 0.383. The molecule has 0 spiro atoms. The molecule has 0 saturated carbocycles. The third kappa shape index (κ3) is 6.38. The Balaban J connectivity index is 1.69. The molecule has 0 aliphatic rings. The molecule has 2 rings (SSSR count). The largest absolute Gasteiger partial charge is 0.493 e. The van der Waals surface area contributed by atoms with E-state index in [9.17, 15) is 4.79 Å². The lowest BCUT2D eigenvalue weighted by Crippen LogP contribution is -2.46. The number of hydrogen-bond acceptors (Lipinski definition) is 5. The maximum absolute atomic E-state index is 11.7. The van der Waals surface area contributed by atoms with Crippen molar-refractivity contribution in [3.63, 3.8) is 0 Å². The number of hydrazine groups is 1. The van der Waals surface area contributed by atoms with Gasteiger partial charge in [-0.15, -0.1) is 11.3 Å². The number of hydrogen-bond donors (Lipinski definition) is 3. The third-order valence-corrected chi connectivity index (χ3v) is 4.47. The second-order valence-corrected chi connectivity index (χ2v) is 6.55. The van der Waals surface area contributed by atoms with Crippen LogP contribution in [0.15, 0.2) is 41.8 Å². The molecule has 1 aromatic heterocycles. The molecule has 1 aromatic carbocycles. The van der Waals surface area contributed by atoms with Crippen molar-refractivity contribution in [2.75, 3.05) is 20.8 Å². The van der Waals surface area contributed by atoms with Crippen LogP contribution in [0.5, 0.6) is 11.5 Å². The van der Waals surface area contributed by atoms with E-state index in [1.54, 1.807) is 31.6 Å². The van der Waals surface area contributed by atoms with Crippen molar-refractivity contribution < 1.29 is 14.3 Å². The summed E-state index contributed by atoms with van der Waals surface area (Å²) in [6.07, 6.45) is 3.94. The van der Waals surface area contributed by atoms with Crippen LogP contribution in [0.2, 0.25) is 0 Å². The van der Waals surface area contributed by atoms with Gasteiger partial charge < -0.3 is 14.8 Å². The molecule has 3 N–H and O–H groups in total. The van der Waals surface area contributed by atoms with E-state index in [2.05, 4.69) is 16.2 Å². The van der Waals surface area contributed by atoms with Crippen LogP contribution in [0.4, 0.5) is 0 Å². The Hall–Kier alpha value is -2.58. The molecule has 1 amide bonds. The lowest BCUT2D eigenvalue weighted by molar-refractivity contribution is -0.116. The minimum Gasteiger partial charge on any atom is -0.493 e. The fraction of sp³-hybridized carbons (Fsp3) is 0.222. The highest BCUT2D eigenvalue weighted by atomic mass is 32.1. The molecule has 0 aliphatic carbocycles. The molecule has 0 aliphatic heterocycles. The summed E-state index contributed by atoms with van der Waals surface area (Å²) in [5.74, 6) is 1.11. The van der Waals surface area contributed by atoms with Crippen LogP contribution in [0, 0.1) is 0 Å². The van der Waals surface area contributed by atoms with E-state index in [0.717, 1.165) is 16.9 Å². The van der Waals surface area contributed by atoms with Gasteiger partial charge in [-0.3, -0.25) is 15.6 Å². The Morgan fingerprint density at radius 1 is 1.19 bits per heavy atom. The summed E-state index contributed by atoms with van der Waals surface area (Å²) in [4.78, 5) is 12.7. The molecular weight excluding hydrogens is 370 g/mol. The van der Waals surface area contributed by atoms with Gasteiger partial charge >= 0.3 is 0 Å². The number of methoxy groups -OCH3 is 2. The normalized spacial score (nSPS) is 10.4. The van der Waals surface area contributed by atoms with Gasteiger partial charge in [-0.1, -0.05) is 12.1 Å². The number of carbonyl (C=O) groups excluding carboxylic acids is 1. The molecule has 0 fully saturated rings. The molecule has 0 bridgehead atoms. The van der Waals surface area contributed by atoms with Crippen molar-refractivity contribution in [1.82, 2.24) is 16.2 Å². The molecule has 2 aromatic rings. The summed E-state index contributed by atoms with van der Waals surface area (Å²) in [5, 5.41) is 5.34. The number of ether oxygens (including phenoxy) is 2. The standard InChI is InChI=1S/C18H21N3O3S2/c1-23-15-7-5-13(12-16(15)24-2)9-10-19-18(25)21-20-17(22)8-6-14-4-3-11-26-14/h3-8,11-12H,9-10H2,1-2H3,(H,20,22)(H2,19,21,25)/b8-6+. The summed E-state index contributed by atoms with van der Waals surface area (Å²) < 4.78 is 10.5. The zero-order valence-corrected chi connectivity index (χ0v) is 16.2. The fourth-order valence-electron chi connectivity index (χ4n) is 2.10. The Kier molecular flexibility index (Phi) is 7.91. The van der Waals surface area contributed by atoms with E-state index in [-0.39, 0.29) is 5.91 Å². The molecule has 138 valence electrons. The first kappa shape index (κ1) is 19.7. The van der Waals surface area contributed by atoms with E-state index in [1.165, 1.54) is 6.08 Å². The minimum absolute atomic E-state index is 0.276. The zero-order valence-electron chi connectivity index (χ0n) is 14.6. The predicted molar refractivity (Wildman–Crippen MR) is 108 cm³/mol. The summed E-state index contributed by atoms with van der Waals surface area (Å²) in [6, 6.07) is 9.62. The number of rotatable bonds is 7. The van der Waals surface area contributed by atoms with Crippen LogP contribution in [-0.4, -0.2) is 31.8 Å². The van der Waals surface area contributed by atoms with Crippen molar-refractivity contribution in [3.8, 4) is 11.5 Å². The molecule has 6 nitrogen and oxygen atoms in total. The molecular formula is C18H21N3O3S2. The lowest BCUT2D eigenvalue weighted by atomic mass is 10.1. The maximum atomic E-state index is 11.7. The second kappa shape index (κ2) is 10.4. The van der Waals surface area contributed by atoms with Crippen LogP contribution in [0.1, 0.15) is 10.4 Å². The summed E-state index contributed by atoms with van der Waals surface area (Å²) in [7, 11) is 3.21. The lowest BCUT2D eigenvalue weighted by Gasteiger charge is -2.12. The molecule has 0 atom stereocenters. The van der Waals surface area contributed by atoms with Gasteiger partial charge in [0.1, 0.15) is 0 Å². The Morgan fingerprint density at radius 3 is 2.69 bits per heavy atom. The third-order valence-electron chi connectivity index (χ3n) is 3.39. The van der Waals surface area contributed by atoms with E-state index in [0.29, 0.717) is 23.2 Å². The number of amides is 1. The zero-order chi connectivity index (χ0) is 18.8. The Morgan fingerprint density at radius 2 is 2.00 bits per heavy atom. The highest BCUT2D eigenvalue weighted by Crippen LogP contribution is 2.27. The van der Waals surface area contributed by atoms with Crippen LogP contribution in [0.25, 0.3) is 6.08 Å². The first-order valence-corrected chi connectivity index (χ1v) is 9.17. The first-order valence-electron chi connectivity index (χ1n) is 7.88. The van der Waals surface area contributed by atoms with Gasteiger partial charge in [0.15, 0.2) is 16.6 Å². The van der Waals surface area contributed by atoms with Gasteiger partial charge in [0, 0.05) is 17.5 Å². The van der Waals surface area contributed by atoms with Gasteiger partial charge in [0.25, 0.3) is 5.91 Å². The number of thiocarbonyl (C=S) groups is 1. The molecule has 0 unspecified atom stereocenters. The van der Waals surface area contributed by atoms with Crippen LogP contribution >= 0.6 is 23.6 Å². The maximum Gasteiger partial charge on any atom is 0.262 e. The smallest absolute Gasteiger partial charge is 0.262 e. The van der Waals surface area contributed by atoms with Crippen molar-refractivity contribution in [3.05, 3.63) is 52.2 Å². The van der Waals surface area contributed by atoms with E-state index in [4.69, 9.17) is 21.7 Å². The SMILES string of the molecule is COc1ccc(CCNC(=S)NNC(=O)/C=C/c2cccs2)cc1OC. The van der Waals surface area contributed by atoms with E-state index in [1.807, 2.05) is 35.7 Å². The van der Waals surface area contributed by atoms with Crippen molar-refractivity contribution in [1.29, 1.82) is 0 Å². The van der Waals surface area contributed by atoms with E-state index >= 15 is 0 Å². The average Bonchev–Trinajstić information content (AvgIpc) is 3.18. The van der Waals surface area contributed by atoms with Gasteiger partial charge in [-0.2, -0.15) is 0 Å². The van der Waals surface area contributed by atoms with Crippen LogP contribution in [0.3, 0.4) is 0 Å². The van der Waals surface area contributed by atoms with Gasteiger partial charge in [-0.05, 0) is 53.9 Å². The van der Waals surface area contributed by atoms with Crippen molar-refractivity contribution >= 4 is 40.7 Å². The Labute approximate surface area is 162 Å². The first-order chi connectivity index (χ1) is 12.6. The fourth-order valence-corrected chi connectivity index (χ4v) is 2.88. The van der Waals surface area contributed by atoms with Crippen LogP contribution in [-0.2, 0) is 11.2 Å². The van der Waals surface area contributed by atoms with Gasteiger partial charge in [-0.25, -0.2) is 0 Å². The number of thiophene rings is 1. The summed E-state index contributed by atoms with van der Waals surface area (Å²) in [5.41, 5.74) is 6.27. The molecule has 0 saturated heterocycles. The average molecular weight is 392 g/mol. The monoisotopic (exact) mass is 391 g/mol. The molecule has 8 heteroatoms. The highest BCUT2D eigenvalue weighted by Gasteiger charge is 2.05. The van der Waals surface area contributed by atoms with Gasteiger partial charge in [0.05, 0.1) is 14.2 Å². The van der Waals surface area contributed by atoms with Crippen molar-refractivity contribution in [2.45, 2.75) is 6.42 Å². The van der Waals surface area contributed by atoms with Crippen LogP contribution < -0.4 is 25.6 Å². The van der Waals surface area contributed by atoms with E-state index < -0.39 is 0 Å². The molecule has 1 heterocycles. The summed E-state index contributed by atoms with van der Waals surface area (Å²) >= 11 is 6.70. The predicted octanol–water partition coefficient (Wildman–Crippen LogP) is 2.52. The number of benzene rings is 1. The number of nitrogens with one attached hydrogen (secondary N) is 3. The Bertz CT molecular complexity index is 761. The highest BCUT2D eigenvalue weighted by molar-refractivity contribution is 7.80.